The summed E-state index contributed by atoms with van der Waals surface area (Å²) in [6.07, 6.45) is 10.1. The maximum absolute atomic E-state index is 9.67. The fourth-order valence-electron chi connectivity index (χ4n) is 4.43. The highest BCUT2D eigenvalue weighted by atomic mass is 16.3. The molecule has 1 fully saturated rings. The summed E-state index contributed by atoms with van der Waals surface area (Å²) in [7, 11) is 0. The molecular formula is C17H18O. The fraction of sp³-hybridized carbons (Fsp3) is 0.412. The molecule has 0 heterocycles. The van der Waals surface area contributed by atoms with E-state index in [1.54, 1.807) is 0 Å². The highest BCUT2D eigenvalue weighted by Crippen LogP contribution is 2.53. The Balaban J connectivity index is 2.09. The summed E-state index contributed by atoms with van der Waals surface area (Å²) in [5, 5.41) is 12.3. The molecule has 4 rings (SSSR count). The van der Waals surface area contributed by atoms with Crippen LogP contribution in [0.2, 0.25) is 0 Å². The number of allylic oxidation sites excluding steroid dienone is 2. The topological polar surface area (TPSA) is 20.2 Å². The highest BCUT2D eigenvalue weighted by molar-refractivity contribution is 5.80. The third-order valence-corrected chi connectivity index (χ3v) is 4.94. The monoisotopic (exact) mass is 238 g/mol. The largest absolute Gasteiger partial charge is 0.508 e. The van der Waals surface area contributed by atoms with Crippen LogP contribution in [0, 0.1) is 11.3 Å². The summed E-state index contributed by atoms with van der Waals surface area (Å²) in [6, 6.07) is 5.84. The first-order valence-corrected chi connectivity index (χ1v) is 6.93. The van der Waals surface area contributed by atoms with E-state index in [1.807, 2.05) is 12.1 Å². The lowest BCUT2D eigenvalue weighted by Crippen LogP contribution is -2.31. The Morgan fingerprint density at radius 2 is 2.22 bits per heavy atom. The number of aromatic hydroxyl groups is 1. The van der Waals surface area contributed by atoms with Crippen molar-refractivity contribution in [2.45, 2.75) is 32.6 Å². The standard InChI is InChI=1S/C17H18O/c1-11-7-12-3-2-6-17(9-12)10-13-8-14(18)4-5-15(13)16(11)17/h4-5,7-8,10,12,18H,2-3,6,9H2,1H3. The minimum atomic E-state index is 0.276. The van der Waals surface area contributed by atoms with Crippen LogP contribution in [0.3, 0.4) is 0 Å². The van der Waals surface area contributed by atoms with E-state index >= 15 is 0 Å². The first kappa shape index (κ1) is 10.4. The average Bonchev–Trinajstić information content (AvgIpc) is 2.61. The summed E-state index contributed by atoms with van der Waals surface area (Å²) in [6.45, 7) is 2.26. The summed E-state index contributed by atoms with van der Waals surface area (Å²) >= 11 is 0. The zero-order chi connectivity index (χ0) is 12.3. The van der Waals surface area contributed by atoms with E-state index in [-0.39, 0.29) is 5.41 Å². The first-order valence-electron chi connectivity index (χ1n) is 6.93. The molecule has 2 atom stereocenters. The lowest BCUT2D eigenvalue weighted by Gasteiger charge is -2.43. The summed E-state index contributed by atoms with van der Waals surface area (Å²) in [5.41, 5.74) is 3.28. The zero-order valence-corrected chi connectivity index (χ0v) is 10.7. The summed E-state index contributed by atoms with van der Waals surface area (Å²) < 4.78 is 0. The molecule has 1 nitrogen and oxygen atoms in total. The zero-order valence-electron chi connectivity index (χ0n) is 10.7. The van der Waals surface area contributed by atoms with Gasteiger partial charge in [0.2, 0.25) is 0 Å². The number of phenolic OH excluding ortho intramolecular Hbond substituents is 1. The fourth-order valence-corrected chi connectivity index (χ4v) is 4.43. The molecule has 3 aliphatic rings. The molecular weight excluding hydrogens is 220 g/mol. The Morgan fingerprint density at radius 1 is 1.33 bits per heavy atom. The minimum Gasteiger partial charge on any atom is -0.508 e. The maximum atomic E-state index is 9.67. The van der Waals surface area contributed by atoms with E-state index in [9.17, 15) is 5.11 Å². The van der Waals surface area contributed by atoms with Crippen LogP contribution in [0.25, 0.3) is 11.6 Å². The van der Waals surface area contributed by atoms with E-state index in [4.69, 9.17) is 0 Å². The van der Waals surface area contributed by atoms with Crippen molar-refractivity contribution in [2.75, 3.05) is 0 Å². The van der Waals surface area contributed by atoms with Crippen molar-refractivity contribution in [3.8, 4) is 5.75 Å². The molecule has 0 amide bonds. The third-order valence-electron chi connectivity index (χ3n) is 4.94. The average molecular weight is 238 g/mol. The van der Waals surface area contributed by atoms with Crippen LogP contribution < -0.4 is 10.4 Å². The van der Waals surface area contributed by atoms with Crippen molar-refractivity contribution in [3.05, 3.63) is 40.3 Å². The van der Waals surface area contributed by atoms with Gasteiger partial charge in [0, 0.05) is 5.41 Å². The lowest BCUT2D eigenvalue weighted by molar-refractivity contribution is 0.293. The number of hydrogen-bond donors (Lipinski definition) is 1. The molecule has 0 saturated heterocycles. The van der Waals surface area contributed by atoms with Crippen molar-refractivity contribution >= 4 is 11.6 Å². The highest BCUT2D eigenvalue weighted by Gasteiger charge is 2.42. The molecule has 18 heavy (non-hydrogen) atoms. The SMILES string of the molecule is CC1=CC2CCCC3(C=c4cc(O)ccc4=C13)C2. The molecule has 2 bridgehead atoms. The number of hydrogen-bond acceptors (Lipinski definition) is 1. The van der Waals surface area contributed by atoms with Crippen LogP contribution in [0.15, 0.2) is 29.8 Å². The van der Waals surface area contributed by atoms with Crippen LogP contribution in [-0.2, 0) is 0 Å². The van der Waals surface area contributed by atoms with Gasteiger partial charge in [-0.3, -0.25) is 0 Å². The van der Waals surface area contributed by atoms with Gasteiger partial charge in [0.15, 0.2) is 0 Å². The number of rotatable bonds is 0. The van der Waals surface area contributed by atoms with Crippen LogP contribution in [-0.4, -0.2) is 5.11 Å². The molecule has 1 aromatic rings. The smallest absolute Gasteiger partial charge is 0.116 e. The van der Waals surface area contributed by atoms with Crippen LogP contribution in [0.5, 0.6) is 5.75 Å². The van der Waals surface area contributed by atoms with Crippen molar-refractivity contribution in [2.24, 2.45) is 11.3 Å². The van der Waals surface area contributed by atoms with Crippen molar-refractivity contribution in [3.63, 3.8) is 0 Å². The number of phenols is 1. The predicted octanol–water partition coefficient (Wildman–Crippen LogP) is 2.47. The van der Waals surface area contributed by atoms with Crippen molar-refractivity contribution < 1.29 is 5.11 Å². The summed E-state index contributed by atoms with van der Waals surface area (Å²) in [5.74, 6) is 1.15. The number of fused-ring (bicyclic) bond motifs is 2. The minimum absolute atomic E-state index is 0.276. The molecule has 0 radical (unpaired) electrons. The van der Waals surface area contributed by atoms with Gasteiger partial charge in [-0.05, 0) is 60.2 Å². The van der Waals surface area contributed by atoms with E-state index in [2.05, 4.69) is 25.1 Å². The molecule has 0 aromatic heterocycles. The molecule has 1 saturated carbocycles. The van der Waals surface area contributed by atoms with Gasteiger partial charge < -0.3 is 5.11 Å². The van der Waals surface area contributed by atoms with Gasteiger partial charge in [-0.2, -0.15) is 0 Å². The predicted molar refractivity (Wildman–Crippen MR) is 73.4 cm³/mol. The van der Waals surface area contributed by atoms with Crippen LogP contribution in [0.4, 0.5) is 0 Å². The Morgan fingerprint density at radius 3 is 3.11 bits per heavy atom. The molecule has 3 aliphatic carbocycles. The molecule has 92 valence electrons. The quantitative estimate of drug-likeness (QED) is 0.736. The second-order valence-electron chi connectivity index (χ2n) is 6.15. The van der Waals surface area contributed by atoms with E-state index in [1.165, 1.54) is 47.3 Å². The number of benzene rings is 1. The third kappa shape index (κ3) is 1.22. The van der Waals surface area contributed by atoms with Crippen molar-refractivity contribution in [1.82, 2.24) is 0 Å². The second-order valence-corrected chi connectivity index (χ2v) is 6.15. The van der Waals surface area contributed by atoms with Gasteiger partial charge in [-0.15, -0.1) is 0 Å². The van der Waals surface area contributed by atoms with Crippen LogP contribution >= 0.6 is 0 Å². The van der Waals surface area contributed by atoms with Gasteiger partial charge in [0.1, 0.15) is 5.75 Å². The first-order chi connectivity index (χ1) is 8.68. The second kappa shape index (κ2) is 3.28. The molecule has 1 spiro atoms. The van der Waals surface area contributed by atoms with Crippen molar-refractivity contribution in [1.29, 1.82) is 0 Å². The van der Waals surface area contributed by atoms with E-state index in [0.717, 1.165) is 5.92 Å². The van der Waals surface area contributed by atoms with Gasteiger partial charge in [0.25, 0.3) is 0 Å². The van der Waals surface area contributed by atoms with E-state index in [0.29, 0.717) is 5.75 Å². The normalized spacial score (nSPS) is 32.4. The molecule has 0 aliphatic heterocycles. The Kier molecular flexibility index (Phi) is 1.90. The lowest BCUT2D eigenvalue weighted by atomic mass is 9.61. The molecule has 2 unspecified atom stereocenters. The molecule has 1 aromatic carbocycles. The summed E-state index contributed by atoms with van der Waals surface area (Å²) in [4.78, 5) is 0. The van der Waals surface area contributed by atoms with Gasteiger partial charge in [-0.25, -0.2) is 0 Å². The van der Waals surface area contributed by atoms with Crippen LogP contribution in [0.1, 0.15) is 32.6 Å². The van der Waals surface area contributed by atoms with Gasteiger partial charge in [0.05, 0.1) is 0 Å². The van der Waals surface area contributed by atoms with E-state index < -0.39 is 0 Å². The maximum Gasteiger partial charge on any atom is 0.116 e. The molecule has 1 N–H and O–H groups in total. The Hall–Kier alpha value is -1.50. The van der Waals surface area contributed by atoms with Gasteiger partial charge in [-0.1, -0.05) is 30.2 Å². The Bertz CT molecular complexity index is 680. The molecule has 1 heteroatoms. The Labute approximate surface area is 107 Å². The van der Waals surface area contributed by atoms with Gasteiger partial charge >= 0.3 is 0 Å².